The maximum atomic E-state index is 12.9. The van der Waals surface area contributed by atoms with Crippen LogP contribution in [0.5, 0.6) is 0 Å². The smallest absolute Gasteiger partial charge is 0.267 e. The molecule has 0 atom stereocenters. The third kappa shape index (κ3) is 3.83. The van der Waals surface area contributed by atoms with E-state index in [9.17, 15) is 9.59 Å². The number of hydrogen-bond donors (Lipinski definition) is 1. The van der Waals surface area contributed by atoms with E-state index in [2.05, 4.69) is 10.4 Å². The number of carbonyl (C=O) groups is 1. The van der Waals surface area contributed by atoms with Crippen LogP contribution in [0.2, 0.25) is 0 Å². The summed E-state index contributed by atoms with van der Waals surface area (Å²) in [4.78, 5) is 25.2. The topological polar surface area (TPSA) is 77.1 Å². The third-order valence-electron chi connectivity index (χ3n) is 4.85. The molecule has 0 spiro atoms. The molecule has 1 N–H and O–H groups in total. The number of nitrogens with one attached hydrogen (secondary N) is 1. The van der Waals surface area contributed by atoms with Gasteiger partial charge in [0.05, 0.1) is 6.26 Å². The lowest BCUT2D eigenvalue weighted by Gasteiger charge is -2.28. The summed E-state index contributed by atoms with van der Waals surface area (Å²) in [7, 11) is 0. The number of aromatic nitrogens is 2. The lowest BCUT2D eigenvalue weighted by molar-refractivity contribution is -0.129. The van der Waals surface area contributed by atoms with E-state index < -0.39 is 5.54 Å². The van der Waals surface area contributed by atoms with Gasteiger partial charge in [0.15, 0.2) is 5.76 Å². The van der Waals surface area contributed by atoms with Gasteiger partial charge in [-0.1, -0.05) is 25.7 Å². The van der Waals surface area contributed by atoms with Crippen molar-refractivity contribution in [3.63, 3.8) is 0 Å². The highest BCUT2D eigenvalue weighted by atomic mass is 16.3. The molecule has 2 heterocycles. The first kappa shape index (κ1) is 17.5. The fourth-order valence-electron chi connectivity index (χ4n) is 3.25. The molecular weight excluding hydrogens is 318 g/mol. The molecule has 0 saturated heterocycles. The Labute approximate surface area is 147 Å². The molecule has 0 bridgehead atoms. The molecule has 1 fully saturated rings. The monoisotopic (exact) mass is 343 g/mol. The first-order valence-electron chi connectivity index (χ1n) is 8.94. The van der Waals surface area contributed by atoms with Crippen LogP contribution in [0.3, 0.4) is 0 Å². The van der Waals surface area contributed by atoms with Gasteiger partial charge in [0, 0.05) is 12.1 Å². The van der Waals surface area contributed by atoms with Crippen LogP contribution in [-0.4, -0.2) is 21.7 Å². The second-order valence-electron chi connectivity index (χ2n) is 7.17. The van der Waals surface area contributed by atoms with Crippen LogP contribution in [0.15, 0.2) is 39.7 Å². The van der Waals surface area contributed by atoms with Gasteiger partial charge in [-0.15, -0.1) is 0 Å². The average molecular weight is 343 g/mol. The molecule has 0 aromatic carbocycles. The van der Waals surface area contributed by atoms with Crippen LogP contribution in [0.1, 0.15) is 52.4 Å². The number of nitrogens with zero attached hydrogens (tertiary/aromatic N) is 2. The second kappa shape index (κ2) is 7.25. The zero-order chi connectivity index (χ0) is 17.9. The van der Waals surface area contributed by atoms with Gasteiger partial charge in [-0.25, -0.2) is 4.68 Å². The molecule has 25 heavy (non-hydrogen) atoms. The van der Waals surface area contributed by atoms with Gasteiger partial charge in [0.1, 0.15) is 11.2 Å². The highest BCUT2D eigenvalue weighted by Crippen LogP contribution is 2.21. The summed E-state index contributed by atoms with van der Waals surface area (Å²) in [5.74, 6) is 0.388. The Hall–Kier alpha value is -2.37. The van der Waals surface area contributed by atoms with Crippen molar-refractivity contribution in [3.05, 3.63) is 40.9 Å². The van der Waals surface area contributed by atoms with Crippen molar-refractivity contribution in [2.75, 3.05) is 0 Å². The number of hydrogen-bond acceptors (Lipinski definition) is 4. The molecule has 1 saturated carbocycles. The van der Waals surface area contributed by atoms with E-state index in [1.807, 2.05) is 0 Å². The summed E-state index contributed by atoms with van der Waals surface area (Å²) in [6, 6.07) is 6.74. The first-order valence-corrected chi connectivity index (χ1v) is 8.94. The van der Waals surface area contributed by atoms with Crippen LogP contribution < -0.4 is 10.9 Å². The zero-order valence-electron chi connectivity index (χ0n) is 14.8. The maximum Gasteiger partial charge on any atom is 0.267 e. The number of rotatable bonds is 4. The summed E-state index contributed by atoms with van der Waals surface area (Å²) in [5.41, 5.74) is -0.859. The van der Waals surface area contributed by atoms with E-state index in [1.54, 1.807) is 38.3 Å². The lowest BCUT2D eigenvalue weighted by Crippen LogP contribution is -2.52. The average Bonchev–Trinajstić information content (AvgIpc) is 3.00. The SMILES string of the molecule is CC(C)(C(=O)NC1CCCCCC1)n1nc(-c2ccco2)ccc1=O. The minimum atomic E-state index is -1.08. The summed E-state index contributed by atoms with van der Waals surface area (Å²) < 4.78 is 6.59. The normalized spacial score (nSPS) is 16.4. The Morgan fingerprint density at radius 3 is 2.56 bits per heavy atom. The van der Waals surface area contributed by atoms with Gasteiger partial charge >= 0.3 is 0 Å². The van der Waals surface area contributed by atoms with Crippen LogP contribution >= 0.6 is 0 Å². The third-order valence-corrected chi connectivity index (χ3v) is 4.85. The molecule has 6 heteroatoms. The Kier molecular flexibility index (Phi) is 5.06. The van der Waals surface area contributed by atoms with E-state index in [1.165, 1.54) is 23.6 Å². The van der Waals surface area contributed by atoms with Gasteiger partial charge in [-0.3, -0.25) is 9.59 Å². The molecule has 0 radical (unpaired) electrons. The largest absolute Gasteiger partial charge is 0.463 e. The molecule has 2 aromatic rings. The minimum absolute atomic E-state index is 0.175. The van der Waals surface area contributed by atoms with E-state index in [0.29, 0.717) is 11.5 Å². The highest BCUT2D eigenvalue weighted by Gasteiger charge is 2.33. The Morgan fingerprint density at radius 2 is 1.92 bits per heavy atom. The minimum Gasteiger partial charge on any atom is -0.463 e. The van der Waals surface area contributed by atoms with Crippen LogP contribution in [0, 0.1) is 0 Å². The number of carbonyl (C=O) groups excluding carboxylic acids is 1. The van der Waals surface area contributed by atoms with Crippen molar-refractivity contribution >= 4 is 5.91 Å². The van der Waals surface area contributed by atoms with Gasteiger partial charge in [-0.05, 0) is 44.9 Å². The standard InChI is InChI=1S/C19H25N3O3/c1-19(2,18(24)20-14-8-5-3-4-6-9-14)22-17(23)12-11-15(21-22)16-10-7-13-25-16/h7,10-14H,3-6,8-9H2,1-2H3,(H,20,24). The van der Waals surface area contributed by atoms with E-state index in [4.69, 9.17) is 4.42 Å². The van der Waals surface area contributed by atoms with Crippen molar-refractivity contribution < 1.29 is 9.21 Å². The predicted octanol–water partition coefficient (Wildman–Crippen LogP) is 3.08. The highest BCUT2D eigenvalue weighted by molar-refractivity contribution is 5.83. The zero-order valence-corrected chi connectivity index (χ0v) is 14.8. The lowest BCUT2D eigenvalue weighted by atomic mass is 10.0. The van der Waals surface area contributed by atoms with Crippen molar-refractivity contribution in [2.45, 2.75) is 64.0 Å². The Bertz CT molecular complexity index is 769. The predicted molar refractivity (Wildman–Crippen MR) is 95.2 cm³/mol. The van der Waals surface area contributed by atoms with Gasteiger partial charge in [0.25, 0.3) is 5.56 Å². The second-order valence-corrected chi connectivity index (χ2v) is 7.17. The number of furan rings is 1. The molecule has 1 amide bonds. The van der Waals surface area contributed by atoms with E-state index in [-0.39, 0.29) is 17.5 Å². The van der Waals surface area contributed by atoms with E-state index >= 15 is 0 Å². The fourth-order valence-corrected chi connectivity index (χ4v) is 3.25. The molecule has 1 aliphatic carbocycles. The molecular formula is C19H25N3O3. The first-order chi connectivity index (χ1) is 12.0. The van der Waals surface area contributed by atoms with Crippen molar-refractivity contribution in [1.29, 1.82) is 0 Å². The Balaban J connectivity index is 1.84. The van der Waals surface area contributed by atoms with Crippen molar-refractivity contribution in [1.82, 2.24) is 15.1 Å². The molecule has 134 valence electrons. The maximum absolute atomic E-state index is 12.9. The molecule has 2 aromatic heterocycles. The molecule has 0 unspecified atom stereocenters. The molecule has 1 aliphatic rings. The van der Waals surface area contributed by atoms with Crippen LogP contribution in [0.4, 0.5) is 0 Å². The fraction of sp³-hybridized carbons (Fsp3) is 0.526. The summed E-state index contributed by atoms with van der Waals surface area (Å²) in [6.07, 6.45) is 8.27. The summed E-state index contributed by atoms with van der Waals surface area (Å²) in [6.45, 7) is 3.44. The summed E-state index contributed by atoms with van der Waals surface area (Å²) >= 11 is 0. The van der Waals surface area contributed by atoms with E-state index in [0.717, 1.165) is 25.7 Å². The Morgan fingerprint density at radius 1 is 1.20 bits per heavy atom. The van der Waals surface area contributed by atoms with Crippen molar-refractivity contribution in [3.8, 4) is 11.5 Å². The molecule has 3 rings (SSSR count). The summed E-state index contributed by atoms with van der Waals surface area (Å²) in [5, 5.41) is 7.49. The quantitative estimate of drug-likeness (QED) is 0.866. The van der Waals surface area contributed by atoms with Gasteiger partial charge in [0.2, 0.25) is 5.91 Å². The van der Waals surface area contributed by atoms with Crippen molar-refractivity contribution in [2.24, 2.45) is 0 Å². The van der Waals surface area contributed by atoms with Crippen LogP contribution in [0.25, 0.3) is 11.5 Å². The molecule has 6 nitrogen and oxygen atoms in total. The van der Waals surface area contributed by atoms with Gasteiger partial charge < -0.3 is 9.73 Å². The number of amides is 1. The van der Waals surface area contributed by atoms with Crippen LogP contribution in [-0.2, 0) is 10.3 Å². The molecule has 0 aliphatic heterocycles. The van der Waals surface area contributed by atoms with Gasteiger partial charge in [-0.2, -0.15) is 5.10 Å².